The van der Waals surface area contributed by atoms with E-state index in [1.54, 1.807) is 0 Å². The van der Waals surface area contributed by atoms with Gasteiger partial charge in [0.05, 0.1) is 0 Å². The van der Waals surface area contributed by atoms with Crippen LogP contribution in [0.3, 0.4) is 0 Å². The van der Waals surface area contributed by atoms with Gasteiger partial charge in [0.25, 0.3) is 5.56 Å². The number of nitrogens with zero attached hydrogens (tertiary/aromatic N) is 1. The van der Waals surface area contributed by atoms with Gasteiger partial charge in [0, 0.05) is 46.4 Å². The summed E-state index contributed by atoms with van der Waals surface area (Å²) in [7, 11) is 0. The molecule has 0 radical (unpaired) electrons. The summed E-state index contributed by atoms with van der Waals surface area (Å²) < 4.78 is 2.15. The SMILES string of the molecule is Cc1cc(C)c(Cc2cn(C(C)C)c3cc(-c4ccccc4)cc(C(N)=O)c23)c(=O)[nH]1. The number of rotatable bonds is 5. The third-order valence-electron chi connectivity index (χ3n) is 5.80. The van der Waals surface area contributed by atoms with Crippen LogP contribution in [0.2, 0.25) is 0 Å². The number of aryl methyl sites for hydroxylation is 2. The molecule has 0 saturated heterocycles. The Bertz CT molecular complexity index is 1340. The van der Waals surface area contributed by atoms with Gasteiger partial charge >= 0.3 is 0 Å². The summed E-state index contributed by atoms with van der Waals surface area (Å²) in [6.45, 7) is 8.03. The second kappa shape index (κ2) is 7.91. The molecule has 2 aromatic carbocycles. The molecule has 0 aliphatic rings. The molecular weight excluding hydrogens is 386 g/mol. The van der Waals surface area contributed by atoms with Gasteiger partial charge in [-0.3, -0.25) is 9.59 Å². The van der Waals surface area contributed by atoms with Crippen LogP contribution in [0.1, 0.15) is 52.6 Å². The molecule has 5 heteroatoms. The number of H-pyrrole nitrogens is 1. The van der Waals surface area contributed by atoms with E-state index in [2.05, 4.69) is 35.7 Å². The van der Waals surface area contributed by atoms with Crippen LogP contribution in [0.5, 0.6) is 0 Å². The number of nitrogens with one attached hydrogen (secondary N) is 1. The summed E-state index contributed by atoms with van der Waals surface area (Å²) in [6.07, 6.45) is 2.48. The van der Waals surface area contributed by atoms with Crippen molar-refractivity contribution in [2.75, 3.05) is 0 Å². The predicted molar refractivity (Wildman–Crippen MR) is 126 cm³/mol. The van der Waals surface area contributed by atoms with Crippen LogP contribution >= 0.6 is 0 Å². The van der Waals surface area contributed by atoms with E-state index in [0.29, 0.717) is 17.5 Å². The fourth-order valence-electron chi connectivity index (χ4n) is 4.31. The summed E-state index contributed by atoms with van der Waals surface area (Å²) in [5.41, 5.74) is 12.5. The number of hydrogen-bond donors (Lipinski definition) is 2. The number of carbonyl (C=O) groups excluding carboxylic acids is 1. The van der Waals surface area contributed by atoms with Gasteiger partial charge in [0.15, 0.2) is 0 Å². The number of benzene rings is 2. The van der Waals surface area contributed by atoms with Crippen molar-refractivity contribution >= 4 is 16.8 Å². The molecule has 0 aliphatic carbocycles. The largest absolute Gasteiger partial charge is 0.366 e. The number of pyridine rings is 1. The zero-order valence-corrected chi connectivity index (χ0v) is 18.3. The second-order valence-corrected chi connectivity index (χ2v) is 8.42. The van der Waals surface area contributed by atoms with Crippen LogP contribution in [0.4, 0.5) is 0 Å². The highest BCUT2D eigenvalue weighted by atomic mass is 16.1. The quantitative estimate of drug-likeness (QED) is 0.489. The molecule has 0 atom stereocenters. The third kappa shape index (κ3) is 3.79. The molecule has 158 valence electrons. The van der Waals surface area contributed by atoms with E-state index in [1.807, 2.05) is 56.3 Å². The minimum atomic E-state index is -0.472. The lowest BCUT2D eigenvalue weighted by molar-refractivity contribution is 0.100. The summed E-state index contributed by atoms with van der Waals surface area (Å²) >= 11 is 0. The molecule has 4 aromatic rings. The van der Waals surface area contributed by atoms with Crippen molar-refractivity contribution in [2.24, 2.45) is 5.73 Å². The molecule has 0 unspecified atom stereocenters. The molecule has 0 aliphatic heterocycles. The lowest BCUT2D eigenvalue weighted by Gasteiger charge is -2.12. The Labute approximate surface area is 181 Å². The van der Waals surface area contributed by atoms with Crippen molar-refractivity contribution in [3.05, 3.63) is 93.0 Å². The number of nitrogens with two attached hydrogens (primary N) is 1. The Hall–Kier alpha value is -3.60. The monoisotopic (exact) mass is 413 g/mol. The topological polar surface area (TPSA) is 80.9 Å². The maximum Gasteiger partial charge on any atom is 0.251 e. The van der Waals surface area contributed by atoms with Gasteiger partial charge in [-0.1, -0.05) is 30.3 Å². The Balaban J connectivity index is 2.00. The first-order valence-corrected chi connectivity index (χ1v) is 10.5. The van der Waals surface area contributed by atoms with Gasteiger partial charge in [-0.15, -0.1) is 0 Å². The van der Waals surface area contributed by atoms with Gasteiger partial charge < -0.3 is 15.3 Å². The van der Waals surface area contributed by atoms with Crippen LogP contribution in [0.15, 0.2) is 59.5 Å². The lowest BCUT2D eigenvalue weighted by atomic mass is 9.95. The van der Waals surface area contributed by atoms with E-state index in [9.17, 15) is 9.59 Å². The number of primary amides is 1. The van der Waals surface area contributed by atoms with E-state index >= 15 is 0 Å². The standard InChI is InChI=1S/C26H27N3O2/c1-15(2)29-14-20(12-21-16(3)10-17(4)28-26(21)31)24-22(25(27)30)11-19(13-23(24)29)18-8-6-5-7-9-18/h5-11,13-15H,12H2,1-4H3,(H2,27,30)(H,28,31). The molecule has 0 fully saturated rings. The van der Waals surface area contributed by atoms with Gasteiger partial charge in [-0.2, -0.15) is 0 Å². The first-order chi connectivity index (χ1) is 14.8. The Morgan fingerprint density at radius 2 is 1.77 bits per heavy atom. The van der Waals surface area contributed by atoms with Crippen LogP contribution < -0.4 is 11.3 Å². The number of carbonyl (C=O) groups is 1. The van der Waals surface area contributed by atoms with Crippen LogP contribution in [-0.2, 0) is 6.42 Å². The highest BCUT2D eigenvalue weighted by Crippen LogP contribution is 2.34. The maximum atomic E-state index is 12.6. The molecule has 3 N–H and O–H groups in total. The van der Waals surface area contributed by atoms with Crippen molar-refractivity contribution in [1.82, 2.24) is 9.55 Å². The number of fused-ring (bicyclic) bond motifs is 1. The highest BCUT2D eigenvalue weighted by Gasteiger charge is 2.20. The van der Waals surface area contributed by atoms with E-state index in [4.69, 9.17) is 5.73 Å². The molecule has 2 aromatic heterocycles. The first-order valence-electron chi connectivity index (χ1n) is 10.5. The summed E-state index contributed by atoms with van der Waals surface area (Å²) in [4.78, 5) is 28.0. The lowest BCUT2D eigenvalue weighted by Crippen LogP contribution is -2.16. The van der Waals surface area contributed by atoms with Gasteiger partial charge in [0.1, 0.15) is 0 Å². The van der Waals surface area contributed by atoms with Gasteiger partial charge in [0.2, 0.25) is 5.91 Å². The summed E-state index contributed by atoms with van der Waals surface area (Å²) in [5.74, 6) is -0.472. The number of amides is 1. The van der Waals surface area contributed by atoms with Crippen molar-refractivity contribution in [3.63, 3.8) is 0 Å². The molecule has 0 saturated carbocycles. The Morgan fingerprint density at radius 1 is 1.06 bits per heavy atom. The molecule has 0 bridgehead atoms. The van der Waals surface area contributed by atoms with Crippen LogP contribution in [0, 0.1) is 13.8 Å². The average molecular weight is 414 g/mol. The highest BCUT2D eigenvalue weighted by molar-refractivity contribution is 6.09. The number of aromatic nitrogens is 2. The summed E-state index contributed by atoms with van der Waals surface area (Å²) in [6, 6.07) is 16.1. The Morgan fingerprint density at radius 3 is 2.39 bits per heavy atom. The van der Waals surface area contributed by atoms with E-state index in [0.717, 1.165) is 38.9 Å². The smallest absolute Gasteiger partial charge is 0.251 e. The molecule has 5 nitrogen and oxygen atoms in total. The van der Waals surface area contributed by atoms with Gasteiger partial charge in [-0.05, 0) is 68.1 Å². The fraction of sp³-hybridized carbons (Fsp3) is 0.231. The molecule has 4 rings (SSSR count). The first kappa shape index (κ1) is 20.7. The molecule has 2 heterocycles. The van der Waals surface area contributed by atoms with Crippen molar-refractivity contribution in [3.8, 4) is 11.1 Å². The maximum absolute atomic E-state index is 12.6. The zero-order chi connectivity index (χ0) is 22.3. The second-order valence-electron chi connectivity index (χ2n) is 8.42. The number of hydrogen-bond acceptors (Lipinski definition) is 2. The van der Waals surface area contributed by atoms with E-state index < -0.39 is 5.91 Å². The summed E-state index contributed by atoms with van der Waals surface area (Å²) in [5, 5.41) is 0.820. The Kier molecular flexibility index (Phi) is 5.27. The van der Waals surface area contributed by atoms with Gasteiger partial charge in [-0.25, -0.2) is 0 Å². The average Bonchev–Trinajstić information content (AvgIpc) is 3.09. The number of aromatic amines is 1. The third-order valence-corrected chi connectivity index (χ3v) is 5.80. The predicted octanol–water partition coefficient (Wildman–Crippen LogP) is 4.88. The van der Waals surface area contributed by atoms with Crippen LogP contribution in [0.25, 0.3) is 22.0 Å². The van der Waals surface area contributed by atoms with Crippen molar-refractivity contribution < 1.29 is 4.79 Å². The van der Waals surface area contributed by atoms with Crippen molar-refractivity contribution in [2.45, 2.75) is 40.2 Å². The van der Waals surface area contributed by atoms with E-state index in [1.165, 1.54) is 0 Å². The molecule has 31 heavy (non-hydrogen) atoms. The minimum Gasteiger partial charge on any atom is -0.366 e. The minimum absolute atomic E-state index is 0.0931. The fourth-order valence-corrected chi connectivity index (χ4v) is 4.31. The van der Waals surface area contributed by atoms with Crippen LogP contribution in [-0.4, -0.2) is 15.5 Å². The van der Waals surface area contributed by atoms with Crippen molar-refractivity contribution in [1.29, 1.82) is 0 Å². The molecular formula is C26H27N3O2. The molecule has 1 amide bonds. The van der Waals surface area contributed by atoms with E-state index in [-0.39, 0.29) is 11.6 Å². The normalized spacial score (nSPS) is 11.4. The zero-order valence-electron chi connectivity index (χ0n) is 18.3. The molecule has 0 spiro atoms.